The Hall–Kier alpha value is -2.54. The number of anilines is 2. The number of ether oxygens (including phenoxy) is 1. The number of hydrogen-bond donors (Lipinski definition) is 1. The number of piperidine rings is 1. The summed E-state index contributed by atoms with van der Waals surface area (Å²) in [4.78, 5) is 25.3. The van der Waals surface area contributed by atoms with E-state index in [1.165, 1.54) is 13.3 Å². The number of nitrogens with zero attached hydrogens (tertiary/aromatic N) is 4. The third-order valence-electron chi connectivity index (χ3n) is 6.68. The number of nitrogens with one attached hydrogen (secondary N) is 1. The first-order valence-corrected chi connectivity index (χ1v) is 12.3. The standard InChI is InChI=1S/C25H34ClN5O2/c1-16-6-5-7-17(2)31(16)25-27-14-23(26)24(29-25)30-13-12-22(15-30)33-21-10-8-20(9-11-21)18(3)28-19(4)32/h8-11,14,16-18,22H,5-7,12-13,15H2,1-4H3,(H,28,32)/t16-,17-,18+,22-/m1/s1. The van der Waals surface area contributed by atoms with Gasteiger partial charge in [0.25, 0.3) is 0 Å². The van der Waals surface area contributed by atoms with Crippen LogP contribution in [0.3, 0.4) is 0 Å². The smallest absolute Gasteiger partial charge is 0.227 e. The minimum atomic E-state index is -0.0374. The van der Waals surface area contributed by atoms with E-state index < -0.39 is 0 Å². The average molecular weight is 472 g/mol. The minimum Gasteiger partial charge on any atom is -0.489 e. The molecule has 33 heavy (non-hydrogen) atoms. The molecule has 2 fully saturated rings. The summed E-state index contributed by atoms with van der Waals surface area (Å²) in [6.07, 6.45) is 6.26. The van der Waals surface area contributed by atoms with Gasteiger partial charge in [-0.25, -0.2) is 4.98 Å². The van der Waals surface area contributed by atoms with Crippen LogP contribution >= 0.6 is 11.6 Å². The highest BCUT2D eigenvalue weighted by atomic mass is 35.5. The van der Waals surface area contributed by atoms with Gasteiger partial charge in [0.05, 0.1) is 18.8 Å². The maximum absolute atomic E-state index is 11.3. The summed E-state index contributed by atoms with van der Waals surface area (Å²) in [7, 11) is 0. The van der Waals surface area contributed by atoms with Gasteiger partial charge in [0.1, 0.15) is 16.9 Å². The number of hydrogen-bond acceptors (Lipinski definition) is 6. The van der Waals surface area contributed by atoms with Crippen molar-refractivity contribution in [2.75, 3.05) is 22.9 Å². The molecular formula is C25H34ClN5O2. The number of benzene rings is 1. The van der Waals surface area contributed by atoms with Crippen molar-refractivity contribution in [3.05, 3.63) is 41.0 Å². The van der Waals surface area contributed by atoms with E-state index in [0.29, 0.717) is 17.1 Å². The van der Waals surface area contributed by atoms with Crippen LogP contribution in [0.25, 0.3) is 0 Å². The molecule has 4 atom stereocenters. The highest BCUT2D eigenvalue weighted by Gasteiger charge is 2.30. The third kappa shape index (κ3) is 5.52. The molecular weight excluding hydrogens is 438 g/mol. The number of carbonyl (C=O) groups is 1. The van der Waals surface area contributed by atoms with Gasteiger partial charge in [0.15, 0.2) is 5.82 Å². The molecule has 7 nitrogen and oxygen atoms in total. The average Bonchev–Trinajstić information content (AvgIpc) is 3.23. The maximum Gasteiger partial charge on any atom is 0.227 e. The van der Waals surface area contributed by atoms with Gasteiger partial charge in [-0.15, -0.1) is 0 Å². The largest absolute Gasteiger partial charge is 0.489 e. The molecule has 2 aromatic rings. The van der Waals surface area contributed by atoms with E-state index in [1.54, 1.807) is 6.20 Å². The Morgan fingerprint density at radius 3 is 2.55 bits per heavy atom. The lowest BCUT2D eigenvalue weighted by atomic mass is 9.98. The monoisotopic (exact) mass is 471 g/mol. The van der Waals surface area contributed by atoms with Crippen LogP contribution in [0.1, 0.15) is 65.0 Å². The van der Waals surface area contributed by atoms with Crippen LogP contribution in [-0.4, -0.2) is 47.2 Å². The molecule has 0 saturated carbocycles. The van der Waals surface area contributed by atoms with E-state index >= 15 is 0 Å². The fraction of sp³-hybridized carbons (Fsp3) is 0.560. The topological polar surface area (TPSA) is 70.6 Å². The second-order valence-electron chi connectivity index (χ2n) is 9.34. The Kier molecular flexibility index (Phi) is 7.27. The molecule has 1 amide bonds. The van der Waals surface area contributed by atoms with Crippen LogP contribution in [0.4, 0.5) is 11.8 Å². The molecule has 1 N–H and O–H groups in total. The fourth-order valence-electron chi connectivity index (χ4n) is 4.94. The summed E-state index contributed by atoms with van der Waals surface area (Å²) in [5.41, 5.74) is 1.05. The first-order valence-electron chi connectivity index (χ1n) is 11.9. The Morgan fingerprint density at radius 2 is 1.88 bits per heavy atom. The number of halogens is 1. The molecule has 0 radical (unpaired) electrons. The summed E-state index contributed by atoms with van der Waals surface area (Å²) in [6, 6.07) is 8.74. The zero-order valence-electron chi connectivity index (χ0n) is 19.9. The second-order valence-corrected chi connectivity index (χ2v) is 9.75. The molecule has 8 heteroatoms. The molecule has 3 heterocycles. The molecule has 0 unspecified atom stereocenters. The van der Waals surface area contributed by atoms with Crippen molar-refractivity contribution < 1.29 is 9.53 Å². The van der Waals surface area contributed by atoms with Crippen molar-refractivity contribution in [3.8, 4) is 5.75 Å². The molecule has 2 saturated heterocycles. The minimum absolute atomic E-state index is 0.0297. The molecule has 0 aliphatic carbocycles. The summed E-state index contributed by atoms with van der Waals surface area (Å²) < 4.78 is 6.24. The van der Waals surface area contributed by atoms with Gasteiger partial charge in [0, 0.05) is 32.0 Å². The first kappa shape index (κ1) is 23.6. The van der Waals surface area contributed by atoms with E-state index in [1.807, 2.05) is 31.2 Å². The van der Waals surface area contributed by atoms with Gasteiger partial charge >= 0.3 is 0 Å². The predicted octanol–water partition coefficient (Wildman–Crippen LogP) is 4.75. The second kappa shape index (κ2) is 10.2. The lowest BCUT2D eigenvalue weighted by Crippen LogP contribution is -2.45. The molecule has 2 aliphatic heterocycles. The van der Waals surface area contributed by atoms with Crippen LogP contribution in [-0.2, 0) is 4.79 Å². The number of aromatic nitrogens is 2. The van der Waals surface area contributed by atoms with Crippen molar-refractivity contribution in [2.24, 2.45) is 0 Å². The molecule has 178 valence electrons. The Balaban J connectivity index is 1.41. The van der Waals surface area contributed by atoms with Crippen molar-refractivity contribution in [1.29, 1.82) is 0 Å². The maximum atomic E-state index is 11.3. The van der Waals surface area contributed by atoms with E-state index in [9.17, 15) is 4.79 Å². The summed E-state index contributed by atoms with van der Waals surface area (Å²) in [5, 5.41) is 3.48. The number of carbonyl (C=O) groups excluding carboxylic acids is 1. The highest BCUT2D eigenvalue weighted by molar-refractivity contribution is 6.32. The van der Waals surface area contributed by atoms with E-state index in [-0.39, 0.29) is 18.1 Å². The van der Waals surface area contributed by atoms with Crippen molar-refractivity contribution >= 4 is 29.3 Å². The Labute approximate surface area is 201 Å². The molecule has 0 bridgehead atoms. The zero-order valence-corrected chi connectivity index (χ0v) is 20.7. The van der Waals surface area contributed by atoms with Crippen LogP contribution < -0.4 is 19.9 Å². The quantitative estimate of drug-likeness (QED) is 0.655. The predicted molar refractivity (Wildman–Crippen MR) is 132 cm³/mol. The van der Waals surface area contributed by atoms with Gasteiger partial charge < -0.3 is 19.9 Å². The van der Waals surface area contributed by atoms with Crippen LogP contribution in [0, 0.1) is 0 Å². The van der Waals surface area contributed by atoms with Gasteiger partial charge in [-0.2, -0.15) is 4.98 Å². The van der Waals surface area contributed by atoms with Crippen molar-refractivity contribution in [1.82, 2.24) is 15.3 Å². The molecule has 0 spiro atoms. The lowest BCUT2D eigenvalue weighted by molar-refractivity contribution is -0.119. The van der Waals surface area contributed by atoms with E-state index in [2.05, 4.69) is 33.9 Å². The van der Waals surface area contributed by atoms with Crippen LogP contribution in [0.5, 0.6) is 5.75 Å². The van der Waals surface area contributed by atoms with Crippen LogP contribution in [0.2, 0.25) is 5.02 Å². The SMILES string of the molecule is CC(=O)N[C@@H](C)c1ccc(O[C@@H]2CCN(c3nc(N4[C@H](C)CCC[C@H]4C)ncc3Cl)C2)cc1. The summed E-state index contributed by atoms with van der Waals surface area (Å²) >= 11 is 6.52. The molecule has 1 aromatic carbocycles. The van der Waals surface area contributed by atoms with Gasteiger partial charge in [-0.1, -0.05) is 23.7 Å². The summed E-state index contributed by atoms with van der Waals surface area (Å²) in [6.45, 7) is 9.55. The fourth-order valence-corrected chi connectivity index (χ4v) is 5.15. The van der Waals surface area contributed by atoms with Crippen molar-refractivity contribution in [3.63, 3.8) is 0 Å². The number of amides is 1. The molecule has 2 aliphatic rings. The van der Waals surface area contributed by atoms with Crippen molar-refractivity contribution in [2.45, 2.75) is 77.6 Å². The molecule has 1 aromatic heterocycles. The normalized spacial score (nSPS) is 24.0. The third-order valence-corrected chi connectivity index (χ3v) is 6.95. The number of rotatable bonds is 6. The Bertz CT molecular complexity index is 960. The Morgan fingerprint density at radius 1 is 1.18 bits per heavy atom. The molecule has 4 rings (SSSR count). The first-order chi connectivity index (χ1) is 15.8. The van der Waals surface area contributed by atoms with E-state index in [4.69, 9.17) is 21.3 Å². The van der Waals surface area contributed by atoms with Gasteiger partial charge in [-0.3, -0.25) is 4.79 Å². The lowest BCUT2D eigenvalue weighted by Gasteiger charge is -2.39. The summed E-state index contributed by atoms with van der Waals surface area (Å²) in [5.74, 6) is 2.34. The highest BCUT2D eigenvalue weighted by Crippen LogP contribution is 2.32. The van der Waals surface area contributed by atoms with Gasteiger partial charge in [0.2, 0.25) is 11.9 Å². The van der Waals surface area contributed by atoms with Gasteiger partial charge in [-0.05, 0) is 57.7 Å². The zero-order chi connectivity index (χ0) is 23.5. The van der Waals surface area contributed by atoms with E-state index in [0.717, 1.165) is 55.4 Å². The van der Waals surface area contributed by atoms with Crippen LogP contribution in [0.15, 0.2) is 30.5 Å².